The van der Waals surface area contributed by atoms with Gasteiger partial charge in [-0.25, -0.2) is 0 Å². The van der Waals surface area contributed by atoms with E-state index >= 15 is 0 Å². The van der Waals surface area contributed by atoms with Gasteiger partial charge in [-0.2, -0.15) is 0 Å². The van der Waals surface area contributed by atoms with Crippen LogP contribution >= 0.6 is 0 Å². The maximum atomic E-state index is 13.7. The Hall–Kier alpha value is -1.89. The highest BCUT2D eigenvalue weighted by Gasteiger charge is 2.33. The van der Waals surface area contributed by atoms with Gasteiger partial charge in [0.2, 0.25) is 0 Å². The average Bonchev–Trinajstić information content (AvgIpc) is 3.49. The molecule has 2 saturated carbocycles. The Morgan fingerprint density at radius 3 is 1.44 bits per heavy atom. The summed E-state index contributed by atoms with van der Waals surface area (Å²) < 4.78 is 0. The summed E-state index contributed by atoms with van der Waals surface area (Å²) in [6, 6.07) is 13.4. The lowest BCUT2D eigenvalue weighted by molar-refractivity contribution is -0.120. The standard InChI is InChI=1S/C31H42O/c1-21-11-9-17-28(23(21)3)30(25-13-5-6-14-25)19-27(32)20-31(26-15-7-8-16-26)29-18-10-12-22(2)24(29)4/h9-12,17-18,25-26,30-31H,5-8,13-16,19-20H2,1-4H3/t30-,31-/m0/s1. The van der Waals surface area contributed by atoms with Gasteiger partial charge in [0.05, 0.1) is 0 Å². The van der Waals surface area contributed by atoms with Crippen LogP contribution in [0.25, 0.3) is 0 Å². The van der Waals surface area contributed by atoms with Crippen molar-refractivity contribution >= 4 is 5.78 Å². The van der Waals surface area contributed by atoms with Crippen molar-refractivity contribution in [2.24, 2.45) is 11.8 Å². The van der Waals surface area contributed by atoms with E-state index in [1.807, 2.05) is 0 Å². The number of benzene rings is 2. The molecule has 0 heterocycles. The average molecular weight is 431 g/mol. The SMILES string of the molecule is Cc1cccc([C@@H](CC(=O)C[C@H](c2cccc(C)c2C)C2CCCC2)C2CCCC2)c1C. The van der Waals surface area contributed by atoms with Crippen molar-refractivity contribution in [3.05, 3.63) is 69.8 Å². The monoisotopic (exact) mass is 430 g/mol. The fourth-order valence-electron chi connectivity index (χ4n) is 6.71. The Morgan fingerprint density at radius 1 is 0.688 bits per heavy atom. The molecule has 172 valence electrons. The number of Topliss-reactive ketones (excluding diaryl/α,β-unsaturated/α-hetero) is 1. The Labute approximate surface area is 196 Å². The molecule has 0 aromatic heterocycles. The van der Waals surface area contributed by atoms with E-state index in [-0.39, 0.29) is 0 Å². The van der Waals surface area contributed by atoms with E-state index in [1.54, 1.807) is 0 Å². The third kappa shape index (κ3) is 5.03. The van der Waals surface area contributed by atoms with E-state index in [0.29, 0.717) is 29.5 Å². The molecule has 2 fully saturated rings. The van der Waals surface area contributed by atoms with Crippen LogP contribution in [0.1, 0.15) is 109 Å². The van der Waals surface area contributed by atoms with Crippen LogP contribution in [-0.2, 0) is 4.79 Å². The lowest BCUT2D eigenvalue weighted by atomic mass is 9.75. The van der Waals surface area contributed by atoms with Crippen LogP contribution in [0.4, 0.5) is 0 Å². The first-order chi connectivity index (χ1) is 15.5. The second kappa shape index (κ2) is 10.4. The fourth-order valence-corrected chi connectivity index (χ4v) is 6.71. The van der Waals surface area contributed by atoms with E-state index in [9.17, 15) is 4.79 Å². The van der Waals surface area contributed by atoms with Gasteiger partial charge in [-0.1, -0.05) is 62.1 Å². The molecule has 2 aromatic carbocycles. The molecule has 0 saturated heterocycles. The molecule has 0 amide bonds. The quantitative estimate of drug-likeness (QED) is 0.410. The first-order valence-corrected chi connectivity index (χ1v) is 13.1. The van der Waals surface area contributed by atoms with E-state index in [0.717, 1.165) is 12.8 Å². The molecule has 1 nitrogen and oxygen atoms in total. The van der Waals surface area contributed by atoms with Crippen molar-refractivity contribution in [2.75, 3.05) is 0 Å². The van der Waals surface area contributed by atoms with E-state index in [2.05, 4.69) is 64.1 Å². The van der Waals surface area contributed by atoms with Crippen LogP contribution < -0.4 is 0 Å². The normalized spacial score (nSPS) is 19.4. The van der Waals surface area contributed by atoms with Gasteiger partial charge in [0, 0.05) is 12.8 Å². The predicted octanol–water partition coefficient (Wildman–Crippen LogP) is 8.52. The summed E-state index contributed by atoms with van der Waals surface area (Å²) >= 11 is 0. The molecule has 0 bridgehead atoms. The lowest BCUT2D eigenvalue weighted by Gasteiger charge is -2.29. The van der Waals surface area contributed by atoms with Crippen LogP contribution in [0.2, 0.25) is 0 Å². The lowest BCUT2D eigenvalue weighted by Crippen LogP contribution is -2.20. The molecule has 2 aromatic rings. The third-order valence-corrected chi connectivity index (χ3v) is 8.92. The van der Waals surface area contributed by atoms with E-state index < -0.39 is 0 Å². The first kappa shape index (κ1) is 23.3. The molecular formula is C31H42O. The van der Waals surface area contributed by atoms with Crippen molar-refractivity contribution in [1.29, 1.82) is 0 Å². The highest BCUT2D eigenvalue weighted by Crippen LogP contribution is 2.44. The maximum absolute atomic E-state index is 13.7. The molecule has 1 heteroatoms. The second-order valence-corrected chi connectivity index (χ2v) is 10.8. The third-order valence-electron chi connectivity index (χ3n) is 8.92. The van der Waals surface area contributed by atoms with Crippen LogP contribution in [0.3, 0.4) is 0 Å². The molecule has 0 radical (unpaired) electrons. The topological polar surface area (TPSA) is 17.1 Å². The molecule has 2 aliphatic carbocycles. The van der Waals surface area contributed by atoms with Crippen LogP contribution in [0.5, 0.6) is 0 Å². The summed E-state index contributed by atoms with van der Waals surface area (Å²) in [6.07, 6.45) is 11.9. The van der Waals surface area contributed by atoms with Gasteiger partial charge in [-0.15, -0.1) is 0 Å². The van der Waals surface area contributed by atoms with Crippen molar-refractivity contribution in [3.63, 3.8) is 0 Å². The van der Waals surface area contributed by atoms with Gasteiger partial charge in [-0.3, -0.25) is 4.79 Å². The number of hydrogen-bond acceptors (Lipinski definition) is 1. The number of aryl methyl sites for hydroxylation is 2. The first-order valence-electron chi connectivity index (χ1n) is 13.1. The smallest absolute Gasteiger partial charge is 0.134 e. The molecule has 0 spiro atoms. The Bertz CT molecular complexity index is 852. The van der Waals surface area contributed by atoms with Crippen LogP contribution in [0.15, 0.2) is 36.4 Å². The Morgan fingerprint density at radius 2 is 1.06 bits per heavy atom. The summed E-state index contributed by atoms with van der Waals surface area (Å²) in [5, 5.41) is 0. The molecule has 0 unspecified atom stereocenters. The van der Waals surface area contributed by atoms with Crippen molar-refractivity contribution in [3.8, 4) is 0 Å². The molecule has 0 aliphatic heterocycles. The number of carbonyl (C=O) groups is 1. The number of rotatable bonds is 8. The highest BCUT2D eigenvalue weighted by molar-refractivity contribution is 5.80. The van der Waals surface area contributed by atoms with Gasteiger partial charge in [-0.05, 0) is 110 Å². The van der Waals surface area contributed by atoms with Gasteiger partial charge in [0.1, 0.15) is 5.78 Å². The molecule has 4 rings (SSSR count). The van der Waals surface area contributed by atoms with Gasteiger partial charge in [0.15, 0.2) is 0 Å². The minimum absolute atomic E-state index is 0.396. The van der Waals surface area contributed by atoms with Crippen LogP contribution in [0, 0.1) is 39.5 Å². The van der Waals surface area contributed by atoms with Crippen LogP contribution in [-0.4, -0.2) is 5.78 Å². The van der Waals surface area contributed by atoms with Gasteiger partial charge in [0.25, 0.3) is 0 Å². The number of carbonyl (C=O) groups excluding carboxylic acids is 1. The minimum Gasteiger partial charge on any atom is -0.300 e. The van der Waals surface area contributed by atoms with Gasteiger partial charge < -0.3 is 0 Å². The highest BCUT2D eigenvalue weighted by atomic mass is 16.1. The van der Waals surface area contributed by atoms with Crippen molar-refractivity contribution in [1.82, 2.24) is 0 Å². The number of hydrogen-bond donors (Lipinski definition) is 0. The molecule has 32 heavy (non-hydrogen) atoms. The summed E-state index contributed by atoms with van der Waals surface area (Å²) in [6.45, 7) is 8.94. The van der Waals surface area contributed by atoms with E-state index in [1.165, 1.54) is 84.7 Å². The maximum Gasteiger partial charge on any atom is 0.134 e. The largest absolute Gasteiger partial charge is 0.300 e. The zero-order valence-corrected chi connectivity index (χ0v) is 20.8. The Balaban J connectivity index is 1.59. The molecule has 2 atom stereocenters. The summed E-state index contributed by atoms with van der Waals surface area (Å²) in [5.41, 5.74) is 8.40. The molecule has 0 N–H and O–H groups in total. The summed E-state index contributed by atoms with van der Waals surface area (Å²) in [4.78, 5) is 13.7. The zero-order chi connectivity index (χ0) is 22.7. The fraction of sp³-hybridized carbons (Fsp3) is 0.581. The Kier molecular flexibility index (Phi) is 7.54. The zero-order valence-electron chi connectivity index (χ0n) is 20.8. The predicted molar refractivity (Wildman–Crippen MR) is 135 cm³/mol. The molecular weight excluding hydrogens is 388 g/mol. The number of ketones is 1. The van der Waals surface area contributed by atoms with Gasteiger partial charge >= 0.3 is 0 Å². The van der Waals surface area contributed by atoms with Crippen molar-refractivity contribution in [2.45, 2.75) is 104 Å². The molecule has 2 aliphatic rings. The summed E-state index contributed by atoms with van der Waals surface area (Å²) in [7, 11) is 0. The second-order valence-electron chi connectivity index (χ2n) is 10.8. The minimum atomic E-state index is 0.396. The van der Waals surface area contributed by atoms with E-state index in [4.69, 9.17) is 0 Å². The van der Waals surface area contributed by atoms with Crippen molar-refractivity contribution < 1.29 is 4.79 Å². The summed E-state index contributed by atoms with van der Waals surface area (Å²) in [5.74, 6) is 2.62.